The second-order valence-electron chi connectivity index (χ2n) is 5.85. The number of rotatable bonds is 5. The summed E-state index contributed by atoms with van der Waals surface area (Å²) >= 11 is 0. The number of methoxy groups -OCH3 is 1. The van der Waals surface area contributed by atoms with Crippen LogP contribution in [-0.4, -0.2) is 61.5 Å². The van der Waals surface area contributed by atoms with Gasteiger partial charge in [0.25, 0.3) is 0 Å². The largest absolute Gasteiger partial charge is 0.467 e. The third-order valence-corrected chi connectivity index (χ3v) is 2.97. The highest BCUT2D eigenvalue weighted by molar-refractivity contribution is 5.82. The summed E-state index contributed by atoms with van der Waals surface area (Å²) in [4.78, 5) is 28.0. The van der Waals surface area contributed by atoms with Gasteiger partial charge in [-0.1, -0.05) is 5.11 Å². The van der Waals surface area contributed by atoms with Crippen molar-refractivity contribution < 1.29 is 23.8 Å². The quantitative estimate of drug-likeness (QED) is 0.252. The van der Waals surface area contributed by atoms with Crippen LogP contribution >= 0.6 is 0 Å². The maximum atomic E-state index is 12.2. The zero-order chi connectivity index (χ0) is 16.8. The van der Waals surface area contributed by atoms with Gasteiger partial charge in [-0.25, -0.2) is 9.59 Å². The number of likely N-dealkylation sites (tertiary alicyclic amines) is 1. The molecule has 9 heteroatoms. The first-order valence-corrected chi connectivity index (χ1v) is 6.98. The maximum absolute atomic E-state index is 12.2. The number of hydrogen-bond donors (Lipinski definition) is 0. The highest BCUT2D eigenvalue weighted by Crippen LogP contribution is 2.24. The summed E-state index contributed by atoms with van der Waals surface area (Å²) in [7, 11) is 1.27. The number of carbonyl (C=O) groups is 2. The van der Waals surface area contributed by atoms with Gasteiger partial charge in [0.05, 0.1) is 26.4 Å². The Hall–Kier alpha value is -1.99. The lowest BCUT2D eigenvalue weighted by atomic mass is 10.2. The number of esters is 1. The highest BCUT2D eigenvalue weighted by Gasteiger charge is 2.42. The maximum Gasteiger partial charge on any atom is 0.411 e. The first-order valence-electron chi connectivity index (χ1n) is 6.98. The Labute approximate surface area is 129 Å². The first kappa shape index (κ1) is 18.1. The third-order valence-electron chi connectivity index (χ3n) is 2.97. The fourth-order valence-electron chi connectivity index (χ4n) is 2.10. The molecule has 2 atom stereocenters. The lowest BCUT2D eigenvalue weighted by Gasteiger charge is -2.27. The molecule has 1 fully saturated rings. The normalized spacial score (nSPS) is 21.2. The molecule has 22 heavy (non-hydrogen) atoms. The van der Waals surface area contributed by atoms with Crippen LogP contribution in [0.15, 0.2) is 5.11 Å². The minimum absolute atomic E-state index is 0.197. The van der Waals surface area contributed by atoms with Crippen LogP contribution in [0.2, 0.25) is 0 Å². The molecule has 1 rings (SSSR count). The van der Waals surface area contributed by atoms with E-state index in [1.54, 1.807) is 20.8 Å². The molecule has 0 bridgehead atoms. The molecule has 1 aliphatic heterocycles. The van der Waals surface area contributed by atoms with E-state index in [4.69, 9.17) is 19.7 Å². The molecular formula is C13H22N4O5. The average Bonchev–Trinajstić information content (AvgIpc) is 2.85. The topological polar surface area (TPSA) is 114 Å². The fourth-order valence-corrected chi connectivity index (χ4v) is 2.10. The van der Waals surface area contributed by atoms with E-state index >= 15 is 0 Å². The molecule has 0 N–H and O–H groups in total. The summed E-state index contributed by atoms with van der Waals surface area (Å²) in [6.07, 6.45) is -0.586. The van der Waals surface area contributed by atoms with Gasteiger partial charge in [0.15, 0.2) is 0 Å². The van der Waals surface area contributed by atoms with Crippen molar-refractivity contribution in [1.29, 1.82) is 0 Å². The molecule has 0 radical (unpaired) electrons. The van der Waals surface area contributed by atoms with E-state index in [1.807, 2.05) is 0 Å². The Balaban J connectivity index is 2.69. The van der Waals surface area contributed by atoms with E-state index in [0.29, 0.717) is 6.42 Å². The zero-order valence-electron chi connectivity index (χ0n) is 13.3. The molecule has 0 spiro atoms. The van der Waals surface area contributed by atoms with Crippen molar-refractivity contribution >= 4 is 12.1 Å². The fraction of sp³-hybridized carbons (Fsp3) is 0.846. The van der Waals surface area contributed by atoms with E-state index in [0.717, 1.165) is 0 Å². The lowest BCUT2D eigenvalue weighted by Crippen LogP contribution is -2.44. The predicted molar refractivity (Wildman–Crippen MR) is 77.1 cm³/mol. The van der Waals surface area contributed by atoms with Gasteiger partial charge in [-0.2, -0.15) is 0 Å². The van der Waals surface area contributed by atoms with Crippen molar-refractivity contribution in [2.45, 2.75) is 44.9 Å². The summed E-state index contributed by atoms with van der Waals surface area (Å²) in [6.45, 7) is 5.91. The van der Waals surface area contributed by atoms with E-state index in [9.17, 15) is 9.59 Å². The van der Waals surface area contributed by atoms with Crippen LogP contribution in [0.1, 0.15) is 27.2 Å². The molecule has 1 amide bonds. The van der Waals surface area contributed by atoms with Gasteiger partial charge in [0, 0.05) is 17.9 Å². The second kappa shape index (κ2) is 7.86. The average molecular weight is 314 g/mol. The number of ether oxygens (including phenoxy) is 3. The molecule has 9 nitrogen and oxygen atoms in total. The molecule has 0 aromatic carbocycles. The Morgan fingerprint density at radius 3 is 2.64 bits per heavy atom. The van der Waals surface area contributed by atoms with E-state index in [2.05, 4.69) is 10.0 Å². The van der Waals surface area contributed by atoms with Crippen molar-refractivity contribution in [2.75, 3.05) is 26.8 Å². The summed E-state index contributed by atoms with van der Waals surface area (Å²) in [5, 5.41) is 3.36. The summed E-state index contributed by atoms with van der Waals surface area (Å²) in [5.41, 5.74) is 7.55. The van der Waals surface area contributed by atoms with Crippen LogP contribution in [0.4, 0.5) is 4.79 Å². The highest BCUT2D eigenvalue weighted by atomic mass is 16.6. The summed E-state index contributed by atoms with van der Waals surface area (Å²) in [6, 6.07) is -0.732. The summed E-state index contributed by atoms with van der Waals surface area (Å²) in [5.74, 6) is -0.507. The van der Waals surface area contributed by atoms with Crippen LogP contribution in [0.25, 0.3) is 10.4 Å². The van der Waals surface area contributed by atoms with E-state index in [-0.39, 0.29) is 25.8 Å². The molecule has 1 heterocycles. The standard InChI is InChI=1S/C13H22N4O5/c1-13(2,3)22-12(19)17-8-9(21-6-5-15-16-14)7-10(17)11(18)20-4/h9-10H,5-8H2,1-4H3/t9-,10+/m1/s1. The molecule has 0 unspecified atom stereocenters. The molecule has 0 saturated carbocycles. The smallest absolute Gasteiger partial charge is 0.411 e. The van der Waals surface area contributed by atoms with Gasteiger partial charge >= 0.3 is 12.1 Å². The Kier molecular flexibility index (Phi) is 6.45. The first-order chi connectivity index (χ1) is 10.3. The Bertz CT molecular complexity index is 456. The van der Waals surface area contributed by atoms with Crippen LogP contribution in [0, 0.1) is 0 Å². The molecule has 1 aliphatic rings. The van der Waals surface area contributed by atoms with Gasteiger partial charge in [-0.15, -0.1) is 0 Å². The van der Waals surface area contributed by atoms with Gasteiger partial charge in [-0.3, -0.25) is 4.90 Å². The van der Waals surface area contributed by atoms with Crippen molar-refractivity contribution in [3.63, 3.8) is 0 Å². The predicted octanol–water partition coefficient (Wildman–Crippen LogP) is 1.86. The van der Waals surface area contributed by atoms with E-state index in [1.165, 1.54) is 12.0 Å². The van der Waals surface area contributed by atoms with Crippen molar-refractivity contribution in [3.8, 4) is 0 Å². The molecule has 0 aromatic heterocycles. The lowest BCUT2D eigenvalue weighted by molar-refractivity contribution is -0.145. The van der Waals surface area contributed by atoms with Gasteiger partial charge in [0.2, 0.25) is 0 Å². The van der Waals surface area contributed by atoms with Gasteiger partial charge in [-0.05, 0) is 26.3 Å². The van der Waals surface area contributed by atoms with Crippen molar-refractivity contribution in [1.82, 2.24) is 4.90 Å². The second-order valence-corrected chi connectivity index (χ2v) is 5.85. The molecule has 0 aliphatic carbocycles. The van der Waals surface area contributed by atoms with Gasteiger partial charge in [0.1, 0.15) is 11.6 Å². The zero-order valence-corrected chi connectivity index (χ0v) is 13.3. The molecule has 1 saturated heterocycles. The van der Waals surface area contributed by atoms with Crippen LogP contribution in [0.5, 0.6) is 0 Å². The van der Waals surface area contributed by atoms with Crippen LogP contribution in [0.3, 0.4) is 0 Å². The molecule has 0 aromatic rings. The number of hydrogen-bond acceptors (Lipinski definition) is 6. The minimum Gasteiger partial charge on any atom is -0.467 e. The third kappa shape index (κ3) is 5.42. The number of azide groups is 1. The molecule has 124 valence electrons. The summed E-state index contributed by atoms with van der Waals surface area (Å²) < 4.78 is 15.5. The minimum atomic E-state index is -0.732. The van der Waals surface area contributed by atoms with Crippen LogP contribution in [-0.2, 0) is 19.0 Å². The van der Waals surface area contributed by atoms with Crippen molar-refractivity contribution in [2.24, 2.45) is 5.11 Å². The van der Waals surface area contributed by atoms with Crippen molar-refractivity contribution in [3.05, 3.63) is 10.4 Å². The Morgan fingerprint density at radius 2 is 2.09 bits per heavy atom. The molecular weight excluding hydrogens is 292 g/mol. The van der Waals surface area contributed by atoms with E-state index < -0.39 is 23.7 Å². The SMILES string of the molecule is COC(=O)[C@@H]1C[C@@H](OCCN=[N+]=[N-])CN1C(=O)OC(C)(C)C. The monoisotopic (exact) mass is 314 g/mol. The number of nitrogens with zero attached hydrogens (tertiary/aromatic N) is 4. The van der Waals surface area contributed by atoms with Gasteiger partial charge < -0.3 is 14.2 Å². The number of carbonyl (C=O) groups excluding carboxylic acids is 2. The van der Waals surface area contributed by atoms with Crippen LogP contribution < -0.4 is 0 Å². The Morgan fingerprint density at radius 1 is 1.41 bits per heavy atom. The number of amides is 1.